The highest BCUT2D eigenvalue weighted by molar-refractivity contribution is 5.93. The lowest BCUT2D eigenvalue weighted by Crippen LogP contribution is -2.34. The van der Waals surface area contributed by atoms with E-state index in [4.69, 9.17) is 0 Å². The largest absolute Gasteiger partial charge is 0.337 e. The standard InChI is InChI=1S/C20H29N5O3/c1-14(2)9-11-23(12-10-15(3)4)20(26)19-16(5)24(22-21-19)17-7-6-8-18(13-17)25(27)28/h6-8,13-15H,9-12H2,1-5H3. The van der Waals surface area contributed by atoms with Crippen LogP contribution in [-0.2, 0) is 0 Å². The molecule has 0 bridgehead atoms. The van der Waals surface area contributed by atoms with Crippen LogP contribution in [0.3, 0.4) is 0 Å². The van der Waals surface area contributed by atoms with E-state index in [0.29, 0.717) is 42.0 Å². The van der Waals surface area contributed by atoms with Gasteiger partial charge < -0.3 is 4.90 Å². The number of nitrogens with zero attached hydrogens (tertiary/aromatic N) is 5. The molecular weight excluding hydrogens is 358 g/mol. The Kier molecular flexibility index (Phi) is 7.25. The Balaban J connectivity index is 2.29. The van der Waals surface area contributed by atoms with Crippen molar-refractivity contribution in [2.75, 3.05) is 13.1 Å². The fraction of sp³-hybridized carbons (Fsp3) is 0.550. The summed E-state index contributed by atoms with van der Waals surface area (Å²) >= 11 is 0. The molecule has 0 atom stereocenters. The minimum atomic E-state index is -0.457. The molecule has 8 heteroatoms. The molecule has 0 N–H and O–H groups in total. The molecule has 0 radical (unpaired) electrons. The first-order chi connectivity index (χ1) is 13.2. The summed E-state index contributed by atoms with van der Waals surface area (Å²) in [6, 6.07) is 6.14. The van der Waals surface area contributed by atoms with Crippen LogP contribution in [-0.4, -0.2) is 43.8 Å². The van der Waals surface area contributed by atoms with Crippen molar-refractivity contribution in [3.8, 4) is 5.69 Å². The summed E-state index contributed by atoms with van der Waals surface area (Å²) in [7, 11) is 0. The second kappa shape index (κ2) is 9.43. The summed E-state index contributed by atoms with van der Waals surface area (Å²) in [5.41, 5.74) is 1.34. The van der Waals surface area contributed by atoms with Gasteiger partial charge in [0.15, 0.2) is 5.69 Å². The molecule has 0 saturated heterocycles. The van der Waals surface area contributed by atoms with Gasteiger partial charge in [0.2, 0.25) is 0 Å². The quantitative estimate of drug-likeness (QED) is 0.478. The zero-order valence-electron chi connectivity index (χ0n) is 17.3. The molecular formula is C20H29N5O3. The number of hydrogen-bond donors (Lipinski definition) is 0. The molecule has 0 aliphatic heterocycles. The van der Waals surface area contributed by atoms with Gasteiger partial charge in [-0.25, -0.2) is 4.68 Å². The van der Waals surface area contributed by atoms with Crippen molar-refractivity contribution >= 4 is 11.6 Å². The third-order valence-electron chi connectivity index (χ3n) is 4.62. The summed E-state index contributed by atoms with van der Waals surface area (Å²) in [6.45, 7) is 11.6. The van der Waals surface area contributed by atoms with Crippen LogP contribution in [0.2, 0.25) is 0 Å². The first-order valence-electron chi connectivity index (χ1n) is 9.67. The van der Waals surface area contributed by atoms with Gasteiger partial charge in [-0.2, -0.15) is 0 Å². The number of aromatic nitrogens is 3. The third kappa shape index (κ3) is 5.37. The molecule has 2 aromatic rings. The SMILES string of the molecule is Cc1c(C(=O)N(CCC(C)C)CCC(C)C)nnn1-c1cccc([N+](=O)[O-])c1. The smallest absolute Gasteiger partial charge is 0.276 e. The number of carbonyl (C=O) groups is 1. The van der Waals surface area contributed by atoms with Crippen LogP contribution in [0.15, 0.2) is 24.3 Å². The van der Waals surface area contributed by atoms with Crippen LogP contribution >= 0.6 is 0 Å². The molecule has 0 spiro atoms. The number of benzene rings is 1. The summed E-state index contributed by atoms with van der Waals surface area (Å²) in [5.74, 6) is 0.850. The van der Waals surface area contributed by atoms with E-state index in [1.54, 1.807) is 19.1 Å². The van der Waals surface area contributed by atoms with Crippen LogP contribution < -0.4 is 0 Å². The summed E-state index contributed by atoms with van der Waals surface area (Å²) in [4.78, 5) is 25.5. The van der Waals surface area contributed by atoms with Crippen LogP contribution in [0.1, 0.15) is 56.7 Å². The van der Waals surface area contributed by atoms with E-state index in [9.17, 15) is 14.9 Å². The van der Waals surface area contributed by atoms with Gasteiger partial charge in [-0.1, -0.05) is 39.0 Å². The molecule has 8 nitrogen and oxygen atoms in total. The van der Waals surface area contributed by atoms with Gasteiger partial charge in [0.05, 0.1) is 16.3 Å². The minimum Gasteiger partial charge on any atom is -0.337 e. The first kappa shape index (κ1) is 21.5. The topological polar surface area (TPSA) is 94.2 Å². The van der Waals surface area contributed by atoms with Crippen molar-refractivity contribution in [1.82, 2.24) is 19.9 Å². The van der Waals surface area contributed by atoms with Crippen molar-refractivity contribution in [3.63, 3.8) is 0 Å². The average molecular weight is 387 g/mol. The molecule has 2 rings (SSSR count). The van der Waals surface area contributed by atoms with Crippen molar-refractivity contribution in [1.29, 1.82) is 0 Å². The Labute approximate surface area is 165 Å². The lowest BCUT2D eigenvalue weighted by Gasteiger charge is -2.24. The van der Waals surface area contributed by atoms with Gasteiger partial charge in [-0.3, -0.25) is 14.9 Å². The van der Waals surface area contributed by atoms with E-state index in [1.807, 2.05) is 4.90 Å². The summed E-state index contributed by atoms with van der Waals surface area (Å²) in [5, 5.41) is 19.2. The van der Waals surface area contributed by atoms with Gasteiger partial charge >= 0.3 is 0 Å². The predicted octanol–water partition coefficient (Wildman–Crippen LogP) is 4.02. The Bertz CT molecular complexity index is 817. The van der Waals surface area contributed by atoms with E-state index in [2.05, 4.69) is 38.0 Å². The number of nitro benzene ring substituents is 1. The predicted molar refractivity (Wildman–Crippen MR) is 108 cm³/mol. The van der Waals surface area contributed by atoms with Gasteiger partial charge in [0.1, 0.15) is 0 Å². The van der Waals surface area contributed by atoms with Gasteiger partial charge in [-0.15, -0.1) is 5.10 Å². The number of hydrogen-bond acceptors (Lipinski definition) is 5. The highest BCUT2D eigenvalue weighted by Gasteiger charge is 2.23. The van der Waals surface area contributed by atoms with Crippen LogP contribution in [0.4, 0.5) is 5.69 Å². The highest BCUT2D eigenvalue weighted by Crippen LogP contribution is 2.19. The lowest BCUT2D eigenvalue weighted by atomic mass is 10.1. The van der Waals surface area contributed by atoms with Crippen molar-refractivity contribution in [3.05, 3.63) is 45.8 Å². The van der Waals surface area contributed by atoms with E-state index >= 15 is 0 Å². The molecule has 0 unspecified atom stereocenters. The normalized spacial score (nSPS) is 11.2. The lowest BCUT2D eigenvalue weighted by molar-refractivity contribution is -0.384. The molecule has 28 heavy (non-hydrogen) atoms. The van der Waals surface area contributed by atoms with Crippen molar-refractivity contribution in [2.45, 2.75) is 47.5 Å². The molecule has 1 aromatic carbocycles. The van der Waals surface area contributed by atoms with Crippen LogP contribution in [0, 0.1) is 28.9 Å². The van der Waals surface area contributed by atoms with Crippen LogP contribution in [0.5, 0.6) is 0 Å². The van der Waals surface area contributed by atoms with E-state index in [1.165, 1.54) is 16.8 Å². The van der Waals surface area contributed by atoms with E-state index < -0.39 is 4.92 Å². The minimum absolute atomic E-state index is 0.0317. The van der Waals surface area contributed by atoms with Gasteiger partial charge in [-0.05, 0) is 37.7 Å². The van der Waals surface area contributed by atoms with E-state index in [0.717, 1.165) is 12.8 Å². The Morgan fingerprint density at radius 2 is 1.79 bits per heavy atom. The molecule has 1 aromatic heterocycles. The Morgan fingerprint density at radius 3 is 2.32 bits per heavy atom. The number of carbonyl (C=O) groups excluding carboxylic acids is 1. The highest BCUT2D eigenvalue weighted by atomic mass is 16.6. The zero-order chi connectivity index (χ0) is 20.8. The summed E-state index contributed by atoms with van der Waals surface area (Å²) < 4.78 is 1.48. The van der Waals surface area contributed by atoms with Crippen LogP contribution in [0.25, 0.3) is 5.69 Å². The first-order valence-corrected chi connectivity index (χ1v) is 9.67. The Morgan fingerprint density at radius 1 is 1.18 bits per heavy atom. The van der Waals surface area contributed by atoms with Gasteiger partial charge in [0, 0.05) is 25.2 Å². The molecule has 0 aliphatic carbocycles. The van der Waals surface area contributed by atoms with Crippen molar-refractivity contribution < 1.29 is 9.72 Å². The maximum atomic E-state index is 13.1. The maximum absolute atomic E-state index is 13.1. The number of amides is 1. The number of non-ortho nitro benzene ring substituents is 1. The second-order valence-electron chi connectivity index (χ2n) is 7.87. The Hall–Kier alpha value is -2.77. The fourth-order valence-corrected chi connectivity index (χ4v) is 2.80. The average Bonchev–Trinajstić information content (AvgIpc) is 3.02. The molecule has 0 saturated carbocycles. The number of rotatable bonds is 9. The molecule has 1 amide bonds. The fourth-order valence-electron chi connectivity index (χ4n) is 2.80. The van der Waals surface area contributed by atoms with E-state index in [-0.39, 0.29) is 11.6 Å². The molecule has 152 valence electrons. The summed E-state index contributed by atoms with van der Waals surface area (Å²) in [6.07, 6.45) is 1.84. The second-order valence-corrected chi connectivity index (χ2v) is 7.87. The number of nitro groups is 1. The maximum Gasteiger partial charge on any atom is 0.276 e. The zero-order valence-corrected chi connectivity index (χ0v) is 17.3. The molecule has 0 fully saturated rings. The van der Waals surface area contributed by atoms with Crippen molar-refractivity contribution in [2.24, 2.45) is 11.8 Å². The van der Waals surface area contributed by atoms with Gasteiger partial charge in [0.25, 0.3) is 11.6 Å². The molecule has 1 heterocycles. The third-order valence-corrected chi connectivity index (χ3v) is 4.62. The molecule has 0 aliphatic rings. The monoisotopic (exact) mass is 387 g/mol.